The maximum atomic E-state index is 6.17. The second kappa shape index (κ2) is 11.6. The monoisotopic (exact) mass is 392 g/mol. The van der Waals surface area contributed by atoms with Gasteiger partial charge < -0.3 is 10.6 Å². The van der Waals surface area contributed by atoms with Crippen molar-refractivity contribution in [1.82, 2.24) is 10.6 Å². The van der Waals surface area contributed by atoms with Crippen molar-refractivity contribution in [3.63, 3.8) is 0 Å². The predicted molar refractivity (Wildman–Crippen MR) is 109 cm³/mol. The molecule has 2 aliphatic rings. The van der Waals surface area contributed by atoms with Crippen LogP contribution in [0.1, 0.15) is 56.4 Å². The number of nitrogens with one attached hydrogen (secondary N) is 2. The average Bonchev–Trinajstić information content (AvgIpc) is 3.01. The van der Waals surface area contributed by atoms with Crippen LogP contribution < -0.4 is 10.6 Å². The molecule has 0 radical (unpaired) electrons. The fraction of sp³-hybridized carbons (Fsp3) is 0.684. The fourth-order valence-electron chi connectivity index (χ4n) is 4.25. The van der Waals surface area contributed by atoms with Gasteiger partial charge in [-0.3, -0.25) is 0 Å². The molecular weight excluding hydrogens is 363 g/mol. The quantitative estimate of drug-likeness (QED) is 0.650. The predicted octanol–water partition coefficient (Wildman–Crippen LogP) is 5.19. The van der Waals surface area contributed by atoms with Crippen molar-refractivity contribution in [3.05, 3.63) is 34.9 Å². The molecule has 1 saturated heterocycles. The molecule has 1 saturated carbocycles. The van der Waals surface area contributed by atoms with Gasteiger partial charge in [0.2, 0.25) is 0 Å². The van der Waals surface area contributed by atoms with Crippen LogP contribution in [0.25, 0.3) is 0 Å². The van der Waals surface area contributed by atoms with Gasteiger partial charge in [0, 0.05) is 11.1 Å². The van der Waals surface area contributed by atoms with Crippen molar-refractivity contribution in [2.45, 2.75) is 56.9 Å². The fourth-order valence-corrected chi connectivity index (χ4v) is 4.45. The molecule has 1 aliphatic carbocycles. The minimum Gasteiger partial charge on any atom is -0.317 e. The van der Waals surface area contributed by atoms with Crippen molar-refractivity contribution in [1.29, 1.82) is 0 Å². The Labute approximate surface area is 164 Å². The first-order chi connectivity index (χ1) is 10.8. The van der Waals surface area contributed by atoms with Gasteiger partial charge in [-0.15, -0.1) is 24.8 Å². The van der Waals surface area contributed by atoms with E-state index < -0.39 is 0 Å². The molecule has 2 fully saturated rings. The molecule has 1 heterocycles. The lowest BCUT2D eigenvalue weighted by Gasteiger charge is -2.25. The highest BCUT2D eigenvalue weighted by atomic mass is 35.5. The summed E-state index contributed by atoms with van der Waals surface area (Å²) >= 11 is 6.17. The molecule has 1 aromatic rings. The lowest BCUT2D eigenvalue weighted by atomic mass is 9.86. The number of rotatable bonds is 6. The van der Waals surface area contributed by atoms with E-state index in [1.54, 1.807) is 0 Å². The molecule has 24 heavy (non-hydrogen) atoms. The molecule has 1 aliphatic heterocycles. The standard InChI is InChI=1S/C19H29ClN2.2ClH/c20-17-7-1-5-16(14-17)19-8-2-4-15(19)6-3-11-22-18-9-12-21-13-10-18;;/h1,5,7,14-15,18-19,21-22H,2-4,6,8-13H2;2*1H. The highest BCUT2D eigenvalue weighted by Gasteiger charge is 2.28. The van der Waals surface area contributed by atoms with Gasteiger partial charge >= 0.3 is 0 Å². The van der Waals surface area contributed by atoms with E-state index in [2.05, 4.69) is 28.8 Å². The molecule has 138 valence electrons. The zero-order valence-corrected chi connectivity index (χ0v) is 16.7. The third-order valence-electron chi connectivity index (χ3n) is 5.46. The van der Waals surface area contributed by atoms with Crippen molar-refractivity contribution < 1.29 is 0 Å². The van der Waals surface area contributed by atoms with Crippen molar-refractivity contribution >= 4 is 36.4 Å². The molecule has 2 atom stereocenters. The Morgan fingerprint density at radius 2 is 1.88 bits per heavy atom. The van der Waals surface area contributed by atoms with Crippen molar-refractivity contribution in [2.24, 2.45) is 5.92 Å². The Hall–Kier alpha value is 0.01000. The van der Waals surface area contributed by atoms with Crippen LogP contribution in [0.5, 0.6) is 0 Å². The first-order valence-corrected chi connectivity index (χ1v) is 9.40. The van der Waals surface area contributed by atoms with Crippen LogP contribution in [0.3, 0.4) is 0 Å². The normalized spacial score (nSPS) is 24.2. The number of piperidine rings is 1. The summed E-state index contributed by atoms with van der Waals surface area (Å²) in [4.78, 5) is 0. The Balaban J connectivity index is 0.00000144. The molecule has 5 heteroatoms. The number of benzene rings is 1. The zero-order valence-electron chi connectivity index (χ0n) is 14.3. The Morgan fingerprint density at radius 1 is 1.08 bits per heavy atom. The summed E-state index contributed by atoms with van der Waals surface area (Å²) in [5.74, 6) is 1.59. The molecule has 3 rings (SSSR count). The molecule has 2 N–H and O–H groups in total. The molecular formula is C19H31Cl3N2. The van der Waals surface area contributed by atoms with Crippen LogP contribution in [0.2, 0.25) is 5.02 Å². The van der Waals surface area contributed by atoms with E-state index in [1.807, 2.05) is 6.07 Å². The summed E-state index contributed by atoms with van der Waals surface area (Å²) in [5, 5.41) is 8.06. The van der Waals surface area contributed by atoms with Crippen LogP contribution in [0.4, 0.5) is 0 Å². The lowest BCUT2D eigenvalue weighted by molar-refractivity contribution is 0.368. The lowest BCUT2D eigenvalue weighted by Crippen LogP contribution is -2.40. The van der Waals surface area contributed by atoms with E-state index in [9.17, 15) is 0 Å². The molecule has 0 aromatic heterocycles. The summed E-state index contributed by atoms with van der Waals surface area (Å²) in [6, 6.07) is 9.28. The van der Waals surface area contributed by atoms with E-state index in [0.717, 1.165) is 22.9 Å². The topological polar surface area (TPSA) is 24.1 Å². The van der Waals surface area contributed by atoms with E-state index in [1.165, 1.54) is 70.1 Å². The molecule has 0 amide bonds. The third-order valence-corrected chi connectivity index (χ3v) is 5.69. The summed E-state index contributed by atoms with van der Waals surface area (Å²) in [6.45, 7) is 3.54. The highest BCUT2D eigenvalue weighted by Crippen LogP contribution is 2.42. The van der Waals surface area contributed by atoms with Crippen molar-refractivity contribution in [2.75, 3.05) is 19.6 Å². The second-order valence-corrected chi connectivity index (χ2v) is 7.41. The second-order valence-electron chi connectivity index (χ2n) is 6.97. The van der Waals surface area contributed by atoms with Crippen LogP contribution in [0.15, 0.2) is 24.3 Å². The maximum absolute atomic E-state index is 6.17. The van der Waals surface area contributed by atoms with Gasteiger partial charge in [0.1, 0.15) is 0 Å². The molecule has 2 unspecified atom stereocenters. The Kier molecular flexibility index (Phi) is 10.7. The molecule has 0 bridgehead atoms. The highest BCUT2D eigenvalue weighted by molar-refractivity contribution is 6.30. The summed E-state index contributed by atoms with van der Waals surface area (Å²) in [7, 11) is 0. The van der Waals surface area contributed by atoms with Gasteiger partial charge in [-0.25, -0.2) is 0 Å². The Morgan fingerprint density at radius 3 is 2.62 bits per heavy atom. The van der Waals surface area contributed by atoms with Gasteiger partial charge in [0.25, 0.3) is 0 Å². The van der Waals surface area contributed by atoms with Gasteiger partial charge in [-0.2, -0.15) is 0 Å². The van der Waals surface area contributed by atoms with Gasteiger partial charge in [-0.1, -0.05) is 30.2 Å². The smallest absolute Gasteiger partial charge is 0.0408 e. The minimum absolute atomic E-state index is 0. The average molecular weight is 394 g/mol. The van der Waals surface area contributed by atoms with Crippen LogP contribution >= 0.6 is 36.4 Å². The number of hydrogen-bond acceptors (Lipinski definition) is 2. The summed E-state index contributed by atoms with van der Waals surface area (Å²) < 4.78 is 0. The van der Waals surface area contributed by atoms with Gasteiger partial charge in [-0.05, 0) is 87.7 Å². The number of hydrogen-bond donors (Lipinski definition) is 2. The van der Waals surface area contributed by atoms with Gasteiger partial charge in [0.15, 0.2) is 0 Å². The van der Waals surface area contributed by atoms with Crippen molar-refractivity contribution in [3.8, 4) is 0 Å². The SMILES string of the molecule is Cl.Cl.Clc1cccc(C2CCCC2CCCNC2CCNCC2)c1. The Bertz CT molecular complexity index is 464. The van der Waals surface area contributed by atoms with Crippen LogP contribution in [-0.2, 0) is 0 Å². The largest absolute Gasteiger partial charge is 0.317 e. The van der Waals surface area contributed by atoms with E-state index in [-0.39, 0.29) is 24.8 Å². The zero-order chi connectivity index (χ0) is 15.2. The van der Waals surface area contributed by atoms with E-state index in [4.69, 9.17) is 11.6 Å². The summed E-state index contributed by atoms with van der Waals surface area (Å²) in [5.41, 5.74) is 1.46. The molecule has 0 spiro atoms. The molecule has 1 aromatic carbocycles. The minimum atomic E-state index is 0. The first-order valence-electron chi connectivity index (χ1n) is 9.02. The first kappa shape index (κ1) is 22.1. The third kappa shape index (κ3) is 6.38. The number of halogens is 3. The van der Waals surface area contributed by atoms with E-state index in [0.29, 0.717) is 0 Å². The van der Waals surface area contributed by atoms with Gasteiger partial charge in [0.05, 0.1) is 0 Å². The van der Waals surface area contributed by atoms with Crippen LogP contribution in [0, 0.1) is 5.92 Å². The maximum Gasteiger partial charge on any atom is 0.0408 e. The summed E-state index contributed by atoms with van der Waals surface area (Å²) in [6.07, 6.45) is 9.35. The molecule has 2 nitrogen and oxygen atoms in total. The van der Waals surface area contributed by atoms with Crippen LogP contribution in [-0.4, -0.2) is 25.7 Å². The van der Waals surface area contributed by atoms with E-state index >= 15 is 0 Å².